The maximum atomic E-state index is 12.1. The van der Waals surface area contributed by atoms with Crippen LogP contribution in [0.15, 0.2) is 28.7 Å². The molecule has 5 heteroatoms. The topological polar surface area (TPSA) is 55.6 Å². The van der Waals surface area contributed by atoms with Gasteiger partial charge in [-0.1, -0.05) is 22.0 Å². The number of benzene rings is 1. The molecule has 1 saturated heterocycles. The number of carbonyl (C=O) groups excluding carboxylic acids is 1. The van der Waals surface area contributed by atoms with Crippen molar-refractivity contribution < 1.29 is 9.63 Å². The van der Waals surface area contributed by atoms with Gasteiger partial charge in [0.1, 0.15) is 0 Å². The van der Waals surface area contributed by atoms with Gasteiger partial charge in [-0.25, -0.2) is 5.90 Å². The van der Waals surface area contributed by atoms with Crippen molar-refractivity contribution in [3.8, 4) is 0 Å². The monoisotopic (exact) mass is 284 g/mol. The molecule has 4 nitrogen and oxygen atoms in total. The van der Waals surface area contributed by atoms with Crippen LogP contribution in [0.3, 0.4) is 0 Å². The van der Waals surface area contributed by atoms with E-state index < -0.39 is 0 Å². The summed E-state index contributed by atoms with van der Waals surface area (Å²) in [5.41, 5.74) is 0.687. The second-order valence-corrected chi connectivity index (χ2v) is 4.72. The molecule has 2 N–H and O–H groups in total. The van der Waals surface area contributed by atoms with E-state index in [-0.39, 0.29) is 12.0 Å². The molecule has 1 heterocycles. The average Bonchev–Trinajstić information content (AvgIpc) is 2.76. The zero-order chi connectivity index (χ0) is 11.5. The molecule has 0 radical (unpaired) electrons. The van der Waals surface area contributed by atoms with E-state index in [1.54, 1.807) is 4.90 Å². The SMILES string of the molecule is NOC1CCN(C(=O)c2cccc(Br)c2)C1. The Bertz CT molecular complexity index is 397. The van der Waals surface area contributed by atoms with Crippen LogP contribution in [-0.2, 0) is 4.84 Å². The maximum absolute atomic E-state index is 12.1. The molecular weight excluding hydrogens is 272 g/mol. The molecule has 1 aliphatic rings. The lowest BCUT2D eigenvalue weighted by atomic mass is 10.2. The van der Waals surface area contributed by atoms with Gasteiger partial charge in [-0.05, 0) is 24.6 Å². The molecule has 1 unspecified atom stereocenters. The largest absolute Gasteiger partial charge is 0.336 e. The Hall–Kier alpha value is -0.910. The Labute approximate surface area is 102 Å². The molecule has 0 aliphatic carbocycles. The molecule has 0 saturated carbocycles. The highest BCUT2D eigenvalue weighted by molar-refractivity contribution is 9.10. The molecule has 1 aromatic rings. The summed E-state index contributed by atoms with van der Waals surface area (Å²) in [5, 5.41) is 0. The van der Waals surface area contributed by atoms with Crippen molar-refractivity contribution in [3.05, 3.63) is 34.3 Å². The number of likely N-dealkylation sites (tertiary alicyclic amines) is 1. The summed E-state index contributed by atoms with van der Waals surface area (Å²) in [6.45, 7) is 1.27. The van der Waals surface area contributed by atoms with Gasteiger partial charge in [0, 0.05) is 23.1 Å². The molecular formula is C11H13BrN2O2. The summed E-state index contributed by atoms with van der Waals surface area (Å²) in [6.07, 6.45) is 0.770. The van der Waals surface area contributed by atoms with E-state index >= 15 is 0 Å². The van der Waals surface area contributed by atoms with E-state index in [0.717, 1.165) is 10.9 Å². The van der Waals surface area contributed by atoms with Gasteiger partial charge >= 0.3 is 0 Å². The quantitative estimate of drug-likeness (QED) is 0.839. The van der Waals surface area contributed by atoms with E-state index in [0.29, 0.717) is 18.7 Å². The Morgan fingerprint density at radius 2 is 2.38 bits per heavy atom. The standard InChI is InChI=1S/C11H13BrN2O2/c12-9-3-1-2-8(6-9)11(15)14-5-4-10(7-14)16-13/h1-3,6,10H,4-5,7,13H2. The molecule has 1 fully saturated rings. The smallest absolute Gasteiger partial charge is 0.253 e. The maximum Gasteiger partial charge on any atom is 0.253 e. The van der Waals surface area contributed by atoms with Crippen LogP contribution in [0.4, 0.5) is 0 Å². The summed E-state index contributed by atoms with van der Waals surface area (Å²) in [6, 6.07) is 7.37. The van der Waals surface area contributed by atoms with Crippen molar-refractivity contribution in [2.45, 2.75) is 12.5 Å². The fourth-order valence-corrected chi connectivity index (χ4v) is 2.23. The van der Waals surface area contributed by atoms with Crippen LogP contribution < -0.4 is 5.90 Å². The number of nitrogens with two attached hydrogens (primary N) is 1. The minimum atomic E-state index is -0.0314. The Morgan fingerprint density at radius 3 is 3.00 bits per heavy atom. The van der Waals surface area contributed by atoms with Gasteiger partial charge < -0.3 is 4.90 Å². The number of rotatable bonds is 2. The number of hydrogen-bond acceptors (Lipinski definition) is 3. The minimum Gasteiger partial charge on any atom is -0.336 e. The number of hydrogen-bond donors (Lipinski definition) is 1. The summed E-state index contributed by atoms with van der Waals surface area (Å²) < 4.78 is 0.907. The molecule has 1 aromatic carbocycles. The number of amides is 1. The number of nitrogens with zero attached hydrogens (tertiary/aromatic N) is 1. The second kappa shape index (κ2) is 4.95. The van der Waals surface area contributed by atoms with Crippen LogP contribution in [-0.4, -0.2) is 30.0 Å². The van der Waals surface area contributed by atoms with Gasteiger partial charge in [0.25, 0.3) is 5.91 Å². The second-order valence-electron chi connectivity index (χ2n) is 3.81. The average molecular weight is 285 g/mol. The third kappa shape index (κ3) is 2.42. The lowest BCUT2D eigenvalue weighted by Gasteiger charge is -2.15. The van der Waals surface area contributed by atoms with Crippen LogP contribution in [0.1, 0.15) is 16.8 Å². The Kier molecular flexibility index (Phi) is 3.58. The molecule has 1 amide bonds. The third-order valence-electron chi connectivity index (χ3n) is 2.70. The predicted molar refractivity (Wildman–Crippen MR) is 63.7 cm³/mol. The predicted octanol–water partition coefficient (Wildman–Crippen LogP) is 1.55. The van der Waals surface area contributed by atoms with Gasteiger partial charge in [-0.2, -0.15) is 0 Å². The summed E-state index contributed by atoms with van der Waals surface area (Å²) in [7, 11) is 0. The van der Waals surface area contributed by atoms with Crippen molar-refractivity contribution in [1.29, 1.82) is 0 Å². The van der Waals surface area contributed by atoms with Gasteiger partial charge in [0.2, 0.25) is 0 Å². The van der Waals surface area contributed by atoms with Crippen molar-refractivity contribution in [2.75, 3.05) is 13.1 Å². The normalized spacial score (nSPS) is 20.1. The van der Waals surface area contributed by atoms with E-state index in [1.165, 1.54) is 0 Å². The van der Waals surface area contributed by atoms with E-state index in [4.69, 9.17) is 10.7 Å². The van der Waals surface area contributed by atoms with Crippen molar-refractivity contribution in [2.24, 2.45) is 5.90 Å². The molecule has 16 heavy (non-hydrogen) atoms. The number of carbonyl (C=O) groups is 1. The zero-order valence-electron chi connectivity index (χ0n) is 8.73. The molecule has 0 bridgehead atoms. The highest BCUT2D eigenvalue weighted by atomic mass is 79.9. The molecule has 86 valence electrons. The van der Waals surface area contributed by atoms with Crippen molar-refractivity contribution >= 4 is 21.8 Å². The van der Waals surface area contributed by atoms with E-state index in [2.05, 4.69) is 15.9 Å². The Morgan fingerprint density at radius 1 is 1.56 bits per heavy atom. The van der Waals surface area contributed by atoms with Crippen LogP contribution in [0.2, 0.25) is 0 Å². The lowest BCUT2D eigenvalue weighted by Crippen LogP contribution is -2.30. The van der Waals surface area contributed by atoms with Gasteiger partial charge in [0.05, 0.1) is 6.10 Å². The fraction of sp³-hybridized carbons (Fsp3) is 0.364. The molecule has 1 atom stereocenters. The van der Waals surface area contributed by atoms with Gasteiger partial charge in [-0.3, -0.25) is 9.63 Å². The Balaban J connectivity index is 2.08. The first-order valence-corrected chi connectivity index (χ1v) is 5.90. The highest BCUT2D eigenvalue weighted by Gasteiger charge is 2.27. The minimum absolute atomic E-state index is 0.0286. The summed E-state index contributed by atoms with van der Waals surface area (Å²) in [5.74, 6) is 5.14. The highest BCUT2D eigenvalue weighted by Crippen LogP contribution is 2.17. The fourth-order valence-electron chi connectivity index (χ4n) is 1.83. The zero-order valence-corrected chi connectivity index (χ0v) is 10.3. The van der Waals surface area contributed by atoms with Crippen LogP contribution in [0, 0.1) is 0 Å². The number of halogens is 1. The first-order valence-electron chi connectivity index (χ1n) is 5.11. The van der Waals surface area contributed by atoms with Gasteiger partial charge in [-0.15, -0.1) is 0 Å². The lowest BCUT2D eigenvalue weighted by molar-refractivity contribution is 0.0537. The summed E-state index contributed by atoms with van der Waals surface area (Å²) in [4.78, 5) is 18.6. The summed E-state index contributed by atoms with van der Waals surface area (Å²) >= 11 is 3.35. The van der Waals surface area contributed by atoms with Crippen LogP contribution in [0.25, 0.3) is 0 Å². The first-order chi connectivity index (χ1) is 7.70. The van der Waals surface area contributed by atoms with E-state index in [9.17, 15) is 4.79 Å². The van der Waals surface area contributed by atoms with Crippen LogP contribution >= 0.6 is 15.9 Å². The third-order valence-corrected chi connectivity index (χ3v) is 3.19. The van der Waals surface area contributed by atoms with Gasteiger partial charge in [0.15, 0.2) is 0 Å². The van der Waals surface area contributed by atoms with Crippen LogP contribution in [0.5, 0.6) is 0 Å². The van der Waals surface area contributed by atoms with E-state index in [1.807, 2.05) is 24.3 Å². The molecule has 0 aromatic heterocycles. The first kappa shape index (κ1) is 11.6. The van der Waals surface area contributed by atoms with Crippen molar-refractivity contribution in [1.82, 2.24) is 4.90 Å². The van der Waals surface area contributed by atoms with Crippen molar-refractivity contribution in [3.63, 3.8) is 0 Å². The molecule has 2 rings (SSSR count). The molecule has 0 spiro atoms. The molecule has 1 aliphatic heterocycles.